The van der Waals surface area contributed by atoms with Gasteiger partial charge in [0.25, 0.3) is 0 Å². The fraction of sp³-hybridized carbons (Fsp3) is 0.836. The van der Waals surface area contributed by atoms with Gasteiger partial charge >= 0.3 is 59.5 Å². The summed E-state index contributed by atoms with van der Waals surface area (Å²) in [6.45, 7) is 34.0. The first-order chi connectivity index (χ1) is 42.4. The Morgan fingerprint density at radius 2 is 1.13 bits per heavy atom. The van der Waals surface area contributed by atoms with Crippen molar-refractivity contribution in [1.82, 2.24) is 20.9 Å². The van der Waals surface area contributed by atoms with E-state index in [2.05, 4.69) is 64.4 Å². The largest absolute Gasteiger partial charge is 1.00 e. The predicted octanol–water partition coefficient (Wildman–Crippen LogP) is 6.04. The second kappa shape index (κ2) is 43.6. The topological polar surface area (TPSA) is 349 Å². The molecule has 8 heterocycles. The van der Waals surface area contributed by atoms with Gasteiger partial charge in [0.15, 0.2) is 0 Å². The van der Waals surface area contributed by atoms with E-state index < -0.39 is 11.1 Å². The number of carbonyl (C=O) groups excluding carboxylic acids is 7. The third-order valence-corrected chi connectivity index (χ3v) is 16.3. The molecule has 24 nitrogen and oxygen atoms in total. The van der Waals surface area contributed by atoms with Crippen molar-refractivity contribution in [3.63, 3.8) is 0 Å². The number of cyclic esters (lactones) is 4. The van der Waals surface area contributed by atoms with Gasteiger partial charge in [-0.3, -0.25) is 29.3 Å². The summed E-state index contributed by atoms with van der Waals surface area (Å²) in [7, 11) is 0. The molecule has 526 valence electrons. The minimum absolute atomic E-state index is 0. The number of hydrogen-bond donors (Lipinski definition) is 8. The van der Waals surface area contributed by atoms with Gasteiger partial charge in [-0.2, -0.15) is 0 Å². The summed E-state index contributed by atoms with van der Waals surface area (Å²) in [6, 6.07) is 0. The maximum absolute atomic E-state index is 12.2. The molecule has 92 heavy (non-hydrogen) atoms. The molecule has 2 unspecified atom stereocenters. The van der Waals surface area contributed by atoms with Crippen LogP contribution in [0.3, 0.4) is 0 Å². The zero-order valence-corrected chi connectivity index (χ0v) is 60.6. The van der Waals surface area contributed by atoms with Crippen LogP contribution >= 0.6 is 0 Å². The number of ether oxygens (including phenoxy) is 5. The first kappa shape index (κ1) is 87.6. The van der Waals surface area contributed by atoms with Gasteiger partial charge in [0.1, 0.15) is 5.60 Å². The van der Waals surface area contributed by atoms with Crippen molar-refractivity contribution in [2.45, 2.75) is 265 Å². The number of nitrogens with one attached hydrogen (secondary N) is 3. The molecule has 3 amide bonds. The van der Waals surface area contributed by atoms with Crippen LogP contribution in [0.1, 0.15) is 231 Å². The van der Waals surface area contributed by atoms with Gasteiger partial charge in [-0.1, -0.05) is 6.58 Å². The van der Waals surface area contributed by atoms with Crippen LogP contribution in [-0.2, 0) is 52.5 Å². The molecule has 0 aromatic carbocycles. The van der Waals surface area contributed by atoms with Crippen molar-refractivity contribution in [2.24, 2.45) is 29.6 Å². The number of nitro groups is 1. The Kier molecular flexibility index (Phi) is 41.5. The van der Waals surface area contributed by atoms with Crippen LogP contribution in [-0.4, -0.2) is 176 Å². The fourth-order valence-electron chi connectivity index (χ4n) is 11.6. The number of aliphatic hydroxyl groups excluding tert-OH is 5. The maximum atomic E-state index is 12.2. The third kappa shape index (κ3) is 37.0. The number of carbonyl (C=O) groups is 7. The molecule has 0 radical (unpaired) electrons. The molecule has 25 heteroatoms. The van der Waals surface area contributed by atoms with Crippen molar-refractivity contribution < 1.29 is 117 Å². The Labute approximate surface area is 571 Å². The monoisotopic (exact) mass is 1320 g/mol. The summed E-state index contributed by atoms with van der Waals surface area (Å²) in [5.74, 6) is 0.555. The summed E-state index contributed by atoms with van der Waals surface area (Å²) in [5, 5.41) is 63.1. The third-order valence-electron chi connectivity index (χ3n) is 16.3. The quantitative estimate of drug-likeness (QED) is 0.0176. The van der Waals surface area contributed by atoms with Gasteiger partial charge in [-0.15, -0.1) is 0 Å². The van der Waals surface area contributed by atoms with Crippen LogP contribution in [0.4, 0.5) is 4.79 Å². The number of nitrogens with zero attached hydrogens (tertiary/aromatic N) is 2. The minimum atomic E-state index is -1.04. The molecule has 8 aliphatic heterocycles. The molecule has 0 aromatic heterocycles. The van der Waals surface area contributed by atoms with E-state index in [0.717, 1.165) is 128 Å². The fourth-order valence-corrected chi connectivity index (χ4v) is 11.6. The van der Waals surface area contributed by atoms with Crippen LogP contribution in [0, 0.1) is 39.7 Å². The second-order valence-electron chi connectivity index (χ2n) is 29.0. The molecule has 0 bridgehead atoms. The van der Waals surface area contributed by atoms with E-state index in [1.165, 1.54) is 26.7 Å². The van der Waals surface area contributed by atoms with E-state index in [1.54, 1.807) is 0 Å². The minimum Gasteiger partial charge on any atom is -0.515 e. The van der Waals surface area contributed by atoms with Gasteiger partial charge in [0.05, 0.1) is 44.2 Å². The first-order valence-electron chi connectivity index (χ1n) is 33.0. The number of rotatable bonds is 15. The zero-order valence-electron chi connectivity index (χ0n) is 58.6. The van der Waals surface area contributed by atoms with E-state index in [0.29, 0.717) is 74.9 Å². The SMILES string of the molecule is C=C1CCCOC1=O.CC(C)(C)OC(=O)N1C[C@@H](CCCO)CC1(C)C.CC(C)(CC1CCCOC1=O)[N+](=O)[O-].CC1(C)CC(CCCO)C(=O)N1.CC1(C)C[C@H](CCCO)C(=O)N1.CC1(C)C[C@H](CCCO)CN1.O=C1CCCCO1.O=C1OCCC/C1=C\O.[Na+]. The zero-order chi connectivity index (χ0) is 69.2. The van der Waals surface area contributed by atoms with Crippen molar-refractivity contribution in [2.75, 3.05) is 65.9 Å². The van der Waals surface area contributed by atoms with E-state index >= 15 is 0 Å². The van der Waals surface area contributed by atoms with Crippen LogP contribution in [0.15, 0.2) is 24.0 Å². The number of esters is 4. The van der Waals surface area contributed by atoms with Crippen LogP contribution < -0.4 is 45.5 Å². The number of likely N-dealkylation sites (tertiary alicyclic amines) is 1. The van der Waals surface area contributed by atoms with Crippen molar-refractivity contribution in [3.05, 3.63) is 34.1 Å². The number of amides is 3. The summed E-state index contributed by atoms with van der Waals surface area (Å²) in [4.78, 5) is 89.4. The first-order valence-corrected chi connectivity index (χ1v) is 33.0. The molecule has 8 aliphatic rings. The average molecular weight is 1320 g/mol. The molecule has 5 atom stereocenters. The number of hydrogen-bond acceptors (Lipinski definition) is 20. The maximum Gasteiger partial charge on any atom is 1.00 e. The van der Waals surface area contributed by atoms with Crippen LogP contribution in [0.25, 0.3) is 0 Å². The van der Waals surface area contributed by atoms with Gasteiger partial charge in [-0.25, -0.2) is 14.4 Å². The molecular weight excluding hydrogens is 1200 g/mol. The van der Waals surface area contributed by atoms with Gasteiger partial charge < -0.3 is 70.1 Å². The average Bonchev–Trinajstić information content (AvgIpc) is 1.66. The molecule has 0 aromatic rings. The van der Waals surface area contributed by atoms with Gasteiger partial charge in [0.2, 0.25) is 17.4 Å². The molecule has 8 rings (SSSR count). The van der Waals surface area contributed by atoms with E-state index in [-0.39, 0.29) is 137 Å². The van der Waals surface area contributed by atoms with E-state index in [1.807, 2.05) is 53.4 Å². The van der Waals surface area contributed by atoms with Crippen molar-refractivity contribution in [3.8, 4) is 0 Å². The van der Waals surface area contributed by atoms with Crippen LogP contribution in [0.2, 0.25) is 0 Å². The Morgan fingerprint density at radius 1 is 0.641 bits per heavy atom. The van der Waals surface area contributed by atoms with E-state index in [9.17, 15) is 43.7 Å². The summed E-state index contributed by atoms with van der Waals surface area (Å²) in [6.07, 6.45) is 19.3. The molecule has 0 saturated carbocycles. The van der Waals surface area contributed by atoms with Crippen molar-refractivity contribution in [1.29, 1.82) is 0 Å². The molecule has 0 spiro atoms. The Hall–Kier alpha value is -4.43. The summed E-state index contributed by atoms with van der Waals surface area (Å²) >= 11 is 0. The summed E-state index contributed by atoms with van der Waals surface area (Å²) in [5.41, 5.74) is -0.411. The molecular formula is C67H119N5NaO19+. The van der Waals surface area contributed by atoms with Gasteiger partial charge in [0, 0.05) is 104 Å². The number of aliphatic hydroxyl groups is 5. The standard InChI is InChI=1S/C14H27NO3.C9H15NO4.2C9H17NO2.C9H19NO.C6H8O3.C6H8O2.C5H8O2.Na/c1-13(2,3)18-12(17)15-10-11(7-6-8-16)9-14(15,4)5;1-9(2,10(12)13)6-7-4-3-5-14-8(7)11;2*1-9(2)6-7(4-3-5-11)8(12)10-9;1-9(2)6-8(7-10-9)4-3-5-11;7-4-5-2-1-3-9-6(5)8;1-5-3-2-4-8-6(5)7;6-5-3-1-2-4-7-5;/h11,16H,6-10H2,1-5H3;7H,3-6H2,1-2H3;2*7,11H,3-6H2,1-2H3,(H,10,12);8,10-11H,3-7H2,1-2H3;4,7H,1-3H2;1-4H2;1-4H2;/q;;;;;;;;+1/b;;;;;5-4+;;;/t11-;;7-;;8-;;;;/m0.0.0..../s1. The Morgan fingerprint density at radius 3 is 1.49 bits per heavy atom. The second-order valence-corrected chi connectivity index (χ2v) is 29.0. The Bertz CT molecular complexity index is 2240. The molecule has 8 fully saturated rings. The molecule has 0 aliphatic carbocycles. The molecule has 8 saturated heterocycles. The Balaban J connectivity index is 0.00000104. The van der Waals surface area contributed by atoms with Crippen LogP contribution in [0.5, 0.6) is 0 Å². The predicted molar refractivity (Wildman–Crippen MR) is 346 cm³/mol. The molecule has 8 N–H and O–H groups in total. The van der Waals surface area contributed by atoms with Crippen molar-refractivity contribution >= 4 is 41.8 Å². The van der Waals surface area contributed by atoms with Gasteiger partial charge in [-0.05, 0) is 223 Å². The smallest absolute Gasteiger partial charge is 0.515 e. The normalized spacial score (nSPS) is 24.4. The van der Waals surface area contributed by atoms with E-state index in [4.69, 9.17) is 35.0 Å². The summed E-state index contributed by atoms with van der Waals surface area (Å²) < 4.78 is 24.2.